The fourth-order valence-electron chi connectivity index (χ4n) is 3.78. The molecule has 5 rings (SSSR count). The Hall–Kier alpha value is -2.77. The molecule has 0 unspecified atom stereocenters. The van der Waals surface area contributed by atoms with Gasteiger partial charge in [-0.15, -0.1) is 11.8 Å². The number of aromatic nitrogens is 2. The fourth-order valence-corrected chi connectivity index (χ4v) is 4.54. The van der Waals surface area contributed by atoms with E-state index in [0.29, 0.717) is 5.56 Å². The van der Waals surface area contributed by atoms with Crippen molar-refractivity contribution in [1.82, 2.24) is 9.38 Å². The Morgan fingerprint density at radius 1 is 1.12 bits per heavy atom. The van der Waals surface area contributed by atoms with Crippen LogP contribution in [0.2, 0.25) is 0 Å². The number of nitriles is 1. The summed E-state index contributed by atoms with van der Waals surface area (Å²) < 4.78 is 2.18. The quantitative estimate of drug-likeness (QED) is 0.421. The highest BCUT2D eigenvalue weighted by Gasteiger charge is 2.28. The van der Waals surface area contributed by atoms with E-state index in [0.717, 1.165) is 28.0 Å². The van der Waals surface area contributed by atoms with Crippen LogP contribution >= 0.6 is 11.8 Å². The van der Waals surface area contributed by atoms with Crippen molar-refractivity contribution in [2.75, 3.05) is 6.26 Å². The normalized spacial score (nSPS) is 12.3. The monoisotopic (exact) mass is 327 g/mol. The van der Waals surface area contributed by atoms with Crippen LogP contribution < -0.4 is 0 Å². The summed E-state index contributed by atoms with van der Waals surface area (Å²) >= 11 is 1.64. The van der Waals surface area contributed by atoms with Crippen molar-refractivity contribution in [3.05, 3.63) is 65.2 Å². The highest BCUT2D eigenvalue weighted by Crippen LogP contribution is 2.44. The predicted molar refractivity (Wildman–Crippen MR) is 97.4 cm³/mol. The van der Waals surface area contributed by atoms with Crippen LogP contribution in [-0.2, 0) is 6.42 Å². The van der Waals surface area contributed by atoms with Crippen molar-refractivity contribution >= 4 is 28.4 Å². The third-order valence-electron chi connectivity index (χ3n) is 4.75. The van der Waals surface area contributed by atoms with Gasteiger partial charge in [0.05, 0.1) is 16.7 Å². The van der Waals surface area contributed by atoms with Gasteiger partial charge in [-0.05, 0) is 29.5 Å². The summed E-state index contributed by atoms with van der Waals surface area (Å²) in [4.78, 5) is 5.83. The van der Waals surface area contributed by atoms with Crippen LogP contribution in [0.15, 0.2) is 53.4 Å². The zero-order valence-corrected chi connectivity index (χ0v) is 13.9. The third kappa shape index (κ3) is 1.60. The SMILES string of the molecule is CSc1c2c(n3c(nc4ccccc43)c1C#N)-c1ccccc1C2. The summed E-state index contributed by atoms with van der Waals surface area (Å²) in [6.07, 6.45) is 2.91. The van der Waals surface area contributed by atoms with Crippen LogP contribution in [0, 0.1) is 11.3 Å². The molecule has 0 amide bonds. The lowest BCUT2D eigenvalue weighted by Gasteiger charge is -2.12. The summed E-state index contributed by atoms with van der Waals surface area (Å²) in [5.74, 6) is 0. The first-order chi connectivity index (χ1) is 11.8. The molecule has 0 radical (unpaired) electrons. The van der Waals surface area contributed by atoms with E-state index in [4.69, 9.17) is 4.98 Å². The van der Waals surface area contributed by atoms with Crippen molar-refractivity contribution < 1.29 is 0 Å². The molecule has 0 saturated heterocycles. The number of hydrogen-bond acceptors (Lipinski definition) is 3. The minimum Gasteiger partial charge on any atom is -0.291 e. The molecule has 2 aromatic heterocycles. The smallest absolute Gasteiger partial charge is 0.157 e. The van der Waals surface area contributed by atoms with Gasteiger partial charge in [0.25, 0.3) is 0 Å². The fraction of sp³-hybridized carbons (Fsp3) is 0.100. The van der Waals surface area contributed by atoms with Gasteiger partial charge in [0, 0.05) is 16.9 Å². The molecule has 0 atom stereocenters. The lowest BCUT2D eigenvalue weighted by molar-refractivity contribution is 1.11. The summed E-state index contributed by atoms with van der Waals surface area (Å²) in [5, 5.41) is 9.80. The average Bonchev–Trinajstić information content (AvgIpc) is 3.18. The maximum Gasteiger partial charge on any atom is 0.157 e. The second-order valence-electron chi connectivity index (χ2n) is 5.94. The number of fused-ring (bicyclic) bond motifs is 7. The molecule has 4 heteroatoms. The number of rotatable bonds is 1. The molecular weight excluding hydrogens is 314 g/mol. The number of imidazole rings is 1. The van der Waals surface area contributed by atoms with Crippen molar-refractivity contribution in [1.29, 1.82) is 5.26 Å². The zero-order chi connectivity index (χ0) is 16.3. The molecule has 2 aromatic carbocycles. The molecule has 0 saturated carbocycles. The Balaban J connectivity index is 2.08. The first-order valence-electron chi connectivity index (χ1n) is 7.82. The topological polar surface area (TPSA) is 41.1 Å². The predicted octanol–water partition coefficient (Wildman–Crippen LogP) is 4.65. The van der Waals surface area contributed by atoms with Crippen molar-refractivity contribution in [3.8, 4) is 17.3 Å². The van der Waals surface area contributed by atoms with Gasteiger partial charge in [-0.25, -0.2) is 4.98 Å². The van der Waals surface area contributed by atoms with E-state index < -0.39 is 0 Å². The third-order valence-corrected chi connectivity index (χ3v) is 5.61. The van der Waals surface area contributed by atoms with Crippen LogP contribution in [0.3, 0.4) is 0 Å². The Kier molecular flexibility index (Phi) is 2.76. The largest absolute Gasteiger partial charge is 0.291 e. The van der Waals surface area contributed by atoms with E-state index in [2.05, 4.69) is 40.8 Å². The molecule has 24 heavy (non-hydrogen) atoms. The van der Waals surface area contributed by atoms with E-state index in [1.807, 2.05) is 24.5 Å². The van der Waals surface area contributed by atoms with E-state index in [9.17, 15) is 5.26 Å². The highest BCUT2D eigenvalue weighted by molar-refractivity contribution is 7.98. The molecule has 4 aromatic rings. The zero-order valence-electron chi connectivity index (χ0n) is 13.1. The molecule has 2 heterocycles. The molecule has 114 valence electrons. The van der Waals surface area contributed by atoms with Crippen LogP contribution in [0.5, 0.6) is 0 Å². The Morgan fingerprint density at radius 3 is 2.75 bits per heavy atom. The molecule has 1 aliphatic carbocycles. The van der Waals surface area contributed by atoms with E-state index in [1.165, 1.54) is 22.4 Å². The second kappa shape index (κ2) is 4.86. The molecule has 0 N–H and O–H groups in total. The summed E-state index contributed by atoms with van der Waals surface area (Å²) in [5.41, 5.74) is 8.44. The average molecular weight is 327 g/mol. The Labute approximate surface area is 143 Å². The number of hydrogen-bond donors (Lipinski definition) is 0. The number of benzene rings is 2. The number of thioether (sulfide) groups is 1. The first kappa shape index (κ1) is 13.6. The van der Waals surface area contributed by atoms with Gasteiger partial charge >= 0.3 is 0 Å². The second-order valence-corrected chi connectivity index (χ2v) is 6.76. The van der Waals surface area contributed by atoms with Crippen LogP contribution in [0.25, 0.3) is 27.9 Å². The molecule has 0 aliphatic heterocycles. The van der Waals surface area contributed by atoms with E-state index >= 15 is 0 Å². The Morgan fingerprint density at radius 2 is 1.92 bits per heavy atom. The maximum atomic E-state index is 9.80. The molecular formula is C20H13N3S. The van der Waals surface area contributed by atoms with Crippen molar-refractivity contribution in [2.24, 2.45) is 0 Å². The number of nitrogens with zero attached hydrogens (tertiary/aromatic N) is 3. The van der Waals surface area contributed by atoms with Gasteiger partial charge in [0.1, 0.15) is 11.6 Å². The lowest BCUT2D eigenvalue weighted by Crippen LogP contribution is -2.00. The molecule has 0 bridgehead atoms. The summed E-state index contributed by atoms with van der Waals surface area (Å²) in [6.45, 7) is 0. The number of para-hydroxylation sites is 2. The summed E-state index contributed by atoms with van der Waals surface area (Å²) in [7, 11) is 0. The van der Waals surface area contributed by atoms with Crippen LogP contribution in [0.4, 0.5) is 0 Å². The van der Waals surface area contributed by atoms with Crippen molar-refractivity contribution in [2.45, 2.75) is 11.3 Å². The van der Waals surface area contributed by atoms with Gasteiger partial charge in [0.2, 0.25) is 0 Å². The van der Waals surface area contributed by atoms with Gasteiger partial charge in [0.15, 0.2) is 5.65 Å². The molecule has 1 aliphatic rings. The van der Waals surface area contributed by atoms with Crippen LogP contribution in [0.1, 0.15) is 16.7 Å². The number of pyridine rings is 1. The van der Waals surface area contributed by atoms with Crippen molar-refractivity contribution in [3.63, 3.8) is 0 Å². The first-order valence-corrected chi connectivity index (χ1v) is 9.04. The minimum absolute atomic E-state index is 0.685. The van der Waals surface area contributed by atoms with Gasteiger partial charge in [-0.1, -0.05) is 36.4 Å². The maximum absolute atomic E-state index is 9.80. The molecule has 3 nitrogen and oxygen atoms in total. The molecule has 0 spiro atoms. The Bertz CT molecular complexity index is 1180. The highest BCUT2D eigenvalue weighted by atomic mass is 32.2. The standard InChI is InChI=1S/C20H13N3S/c1-24-19-14-10-12-6-2-3-7-13(12)18(14)23-17-9-5-4-8-16(17)22-20(23)15(19)11-21/h2-9H,10H2,1H3. The van der Waals surface area contributed by atoms with Crippen LogP contribution in [-0.4, -0.2) is 15.6 Å². The van der Waals surface area contributed by atoms with Gasteiger partial charge < -0.3 is 0 Å². The van der Waals surface area contributed by atoms with E-state index in [1.54, 1.807) is 11.8 Å². The lowest BCUT2D eigenvalue weighted by atomic mass is 10.1. The van der Waals surface area contributed by atoms with Gasteiger partial charge in [-0.3, -0.25) is 4.40 Å². The molecule has 0 fully saturated rings. The van der Waals surface area contributed by atoms with Gasteiger partial charge in [-0.2, -0.15) is 5.26 Å². The summed E-state index contributed by atoms with van der Waals surface area (Å²) in [6, 6.07) is 19.0. The minimum atomic E-state index is 0.685. The van der Waals surface area contributed by atoms with E-state index in [-0.39, 0.29) is 0 Å².